The number of fused-ring (bicyclic) bond motifs is 2. The predicted octanol–water partition coefficient (Wildman–Crippen LogP) is 3.80. The number of rotatable bonds is 3. The van der Waals surface area contributed by atoms with Crippen LogP contribution >= 0.6 is 11.6 Å². The lowest BCUT2D eigenvalue weighted by molar-refractivity contribution is -0.123. The van der Waals surface area contributed by atoms with E-state index in [0.29, 0.717) is 47.4 Å². The molecule has 0 N–H and O–H groups in total. The first kappa shape index (κ1) is 24.7. The van der Waals surface area contributed by atoms with Crippen molar-refractivity contribution in [1.82, 2.24) is 19.7 Å². The summed E-state index contributed by atoms with van der Waals surface area (Å²) < 4.78 is 7.74. The summed E-state index contributed by atoms with van der Waals surface area (Å²) in [5.74, 6) is 6.10. The van der Waals surface area contributed by atoms with Crippen molar-refractivity contribution in [2.45, 2.75) is 19.0 Å². The number of nitrogens with zero attached hydrogens (tertiary/aromatic N) is 5. The smallest absolute Gasteiger partial charge is 0.275 e. The van der Waals surface area contributed by atoms with Gasteiger partial charge in [0.25, 0.3) is 11.8 Å². The van der Waals surface area contributed by atoms with Gasteiger partial charge in [0.15, 0.2) is 5.69 Å². The lowest BCUT2D eigenvalue weighted by Crippen LogP contribution is -2.54. The van der Waals surface area contributed by atoms with Crippen molar-refractivity contribution >= 4 is 29.1 Å². The minimum Gasteiger partial charge on any atom is -0.489 e. The number of likely N-dealkylation sites (N-methyl/N-ethyl adjacent to an activating group) is 1. The molecule has 0 bridgehead atoms. The Hall–Kier alpha value is -4.61. The number of halogens is 1. The molecule has 194 valence electrons. The predicted molar refractivity (Wildman–Crippen MR) is 147 cm³/mol. The molecule has 0 saturated carbocycles. The highest BCUT2D eigenvalue weighted by molar-refractivity contribution is 6.31. The summed E-state index contributed by atoms with van der Waals surface area (Å²) in [5.41, 5.74) is 4.03. The summed E-state index contributed by atoms with van der Waals surface area (Å²) in [7, 11) is 1.69. The molecular weight excluding hydrogens is 514 g/mol. The third kappa shape index (κ3) is 4.73. The van der Waals surface area contributed by atoms with Gasteiger partial charge in [-0.1, -0.05) is 53.9 Å². The highest BCUT2D eigenvalue weighted by atomic mass is 35.5. The molecule has 0 unspecified atom stereocenters. The maximum absolute atomic E-state index is 13.6. The van der Waals surface area contributed by atoms with Crippen LogP contribution in [0.2, 0.25) is 5.15 Å². The summed E-state index contributed by atoms with van der Waals surface area (Å²) in [6.45, 7) is 0.815. The van der Waals surface area contributed by atoms with Crippen molar-refractivity contribution in [2.24, 2.45) is 0 Å². The van der Waals surface area contributed by atoms with E-state index in [1.807, 2.05) is 54.6 Å². The third-order valence-corrected chi connectivity index (χ3v) is 7.36. The van der Waals surface area contributed by atoms with Crippen LogP contribution in [0.25, 0.3) is 0 Å². The molecule has 2 aliphatic rings. The van der Waals surface area contributed by atoms with Crippen molar-refractivity contribution in [1.29, 1.82) is 0 Å². The molecule has 4 aromatic rings. The lowest BCUT2D eigenvalue weighted by atomic mass is 10.0. The fourth-order valence-corrected chi connectivity index (χ4v) is 5.14. The number of pyridine rings is 1. The normalized spacial score (nSPS) is 16.5. The van der Waals surface area contributed by atoms with Crippen molar-refractivity contribution in [3.05, 3.63) is 106 Å². The van der Waals surface area contributed by atoms with Crippen molar-refractivity contribution in [3.8, 4) is 17.6 Å². The molecule has 0 saturated heterocycles. The van der Waals surface area contributed by atoms with Crippen LogP contribution < -0.4 is 9.64 Å². The molecule has 8 nitrogen and oxygen atoms in total. The van der Waals surface area contributed by atoms with Crippen LogP contribution in [0.15, 0.2) is 72.9 Å². The second-order valence-electron chi connectivity index (χ2n) is 9.38. The van der Waals surface area contributed by atoms with Crippen molar-refractivity contribution in [2.75, 3.05) is 25.1 Å². The van der Waals surface area contributed by atoms with Crippen LogP contribution in [0.5, 0.6) is 5.75 Å². The average Bonchev–Trinajstić information content (AvgIpc) is 3.22. The SMILES string of the molecule is CN1C(=O)[C@@H](N2CCc3c(nn(Cc4ccccc4)c3Cl)C2=O)COc2cc(C#Cc3ccccn3)ccc21. The Morgan fingerprint density at radius 2 is 1.87 bits per heavy atom. The van der Waals surface area contributed by atoms with Crippen LogP contribution in [0.1, 0.15) is 32.9 Å². The van der Waals surface area contributed by atoms with Crippen molar-refractivity contribution in [3.63, 3.8) is 0 Å². The van der Waals surface area contributed by atoms with Gasteiger partial charge in [0.05, 0.1) is 12.2 Å². The van der Waals surface area contributed by atoms with Crippen LogP contribution in [-0.2, 0) is 17.8 Å². The van der Waals surface area contributed by atoms with Gasteiger partial charge in [-0.05, 0) is 48.2 Å². The molecule has 0 spiro atoms. The third-order valence-electron chi connectivity index (χ3n) is 6.93. The van der Waals surface area contributed by atoms with E-state index in [1.165, 1.54) is 4.90 Å². The van der Waals surface area contributed by atoms with Gasteiger partial charge in [0, 0.05) is 30.9 Å². The van der Waals surface area contributed by atoms with E-state index in [1.54, 1.807) is 35.0 Å². The summed E-state index contributed by atoms with van der Waals surface area (Å²) in [6, 6.07) is 20.0. The van der Waals surface area contributed by atoms with E-state index in [9.17, 15) is 9.59 Å². The number of anilines is 1. The Labute approximate surface area is 230 Å². The molecule has 4 heterocycles. The van der Waals surface area contributed by atoms with Gasteiger partial charge in [-0.2, -0.15) is 5.10 Å². The van der Waals surface area contributed by atoms with E-state index < -0.39 is 6.04 Å². The summed E-state index contributed by atoms with van der Waals surface area (Å²) in [4.78, 5) is 34.4. The zero-order valence-corrected chi connectivity index (χ0v) is 21.9. The maximum Gasteiger partial charge on any atom is 0.275 e. The number of hydrogen-bond donors (Lipinski definition) is 0. The molecule has 39 heavy (non-hydrogen) atoms. The first-order valence-electron chi connectivity index (χ1n) is 12.6. The molecule has 0 fully saturated rings. The first-order chi connectivity index (χ1) is 19.0. The van der Waals surface area contributed by atoms with Gasteiger partial charge in [-0.25, -0.2) is 9.67 Å². The second-order valence-corrected chi connectivity index (χ2v) is 9.74. The fourth-order valence-electron chi connectivity index (χ4n) is 4.86. The molecule has 0 aliphatic carbocycles. The molecule has 2 amide bonds. The van der Waals surface area contributed by atoms with Crippen molar-refractivity contribution < 1.29 is 14.3 Å². The topological polar surface area (TPSA) is 80.6 Å². The Morgan fingerprint density at radius 3 is 2.67 bits per heavy atom. The van der Waals surface area contributed by atoms with Crippen LogP contribution in [-0.4, -0.2) is 57.7 Å². The summed E-state index contributed by atoms with van der Waals surface area (Å²) in [5, 5.41) is 5.00. The fraction of sp³-hybridized carbons (Fsp3) is 0.200. The lowest BCUT2D eigenvalue weighted by Gasteiger charge is -2.33. The molecule has 0 radical (unpaired) electrons. The number of ether oxygens (including phenoxy) is 1. The van der Waals surface area contributed by atoms with E-state index >= 15 is 0 Å². The summed E-state index contributed by atoms with van der Waals surface area (Å²) >= 11 is 6.62. The van der Waals surface area contributed by atoms with E-state index in [2.05, 4.69) is 21.9 Å². The van der Waals surface area contributed by atoms with E-state index in [4.69, 9.17) is 16.3 Å². The zero-order chi connectivity index (χ0) is 26.9. The van der Waals surface area contributed by atoms with Crippen LogP contribution in [0, 0.1) is 11.8 Å². The number of hydrogen-bond acceptors (Lipinski definition) is 5. The molecular formula is C30H24ClN5O3. The first-order valence-corrected chi connectivity index (χ1v) is 12.9. The van der Waals surface area contributed by atoms with Gasteiger partial charge in [-0.3, -0.25) is 9.59 Å². The summed E-state index contributed by atoms with van der Waals surface area (Å²) in [6.07, 6.45) is 2.19. The standard InChI is InChI=1S/C30H24ClN5O3/c1-34-24-13-11-20(10-12-22-9-5-6-15-32-22)17-26(24)39-19-25(29(34)37)35-16-14-23-27(30(35)38)33-36(28(23)31)18-21-7-3-2-4-8-21/h2-9,11,13,15,17,25H,14,16,18-19H2,1H3/t25-/m0/s1. The van der Waals surface area contributed by atoms with Gasteiger partial charge >= 0.3 is 0 Å². The van der Waals surface area contributed by atoms with E-state index in [0.717, 1.165) is 11.1 Å². The molecule has 1 atom stereocenters. The highest BCUT2D eigenvalue weighted by Gasteiger charge is 2.40. The molecule has 6 rings (SSSR count). The highest BCUT2D eigenvalue weighted by Crippen LogP contribution is 2.34. The monoisotopic (exact) mass is 537 g/mol. The van der Waals surface area contributed by atoms with Gasteiger partial charge in [0.1, 0.15) is 29.2 Å². The number of amides is 2. The zero-order valence-electron chi connectivity index (χ0n) is 21.2. The molecule has 2 aromatic carbocycles. The van der Waals surface area contributed by atoms with Gasteiger partial charge in [-0.15, -0.1) is 0 Å². The van der Waals surface area contributed by atoms with Crippen LogP contribution in [0.4, 0.5) is 5.69 Å². The number of carbonyl (C=O) groups excluding carboxylic acids is 2. The average molecular weight is 538 g/mol. The molecule has 2 aliphatic heterocycles. The Kier molecular flexibility index (Phi) is 6.51. The largest absolute Gasteiger partial charge is 0.489 e. The Bertz CT molecular complexity index is 1630. The minimum absolute atomic E-state index is 0.0207. The molecule has 9 heteroatoms. The molecule has 2 aromatic heterocycles. The quantitative estimate of drug-likeness (QED) is 0.371. The van der Waals surface area contributed by atoms with E-state index in [-0.39, 0.29) is 24.1 Å². The number of carbonyl (C=O) groups is 2. The van der Waals surface area contributed by atoms with Crippen LogP contribution in [0.3, 0.4) is 0 Å². The number of aromatic nitrogens is 3. The second kappa shape index (κ2) is 10.3. The maximum atomic E-state index is 13.6. The Morgan fingerprint density at radius 1 is 1.05 bits per heavy atom. The van der Waals surface area contributed by atoms with Gasteiger partial charge < -0.3 is 14.5 Å². The van der Waals surface area contributed by atoms with Gasteiger partial charge in [0.2, 0.25) is 0 Å². The number of benzene rings is 2. The minimum atomic E-state index is -0.802. The Balaban J connectivity index is 1.23.